The summed E-state index contributed by atoms with van der Waals surface area (Å²) in [6.07, 6.45) is -2.88. The number of carboxylic acids is 1. The van der Waals surface area contributed by atoms with Crippen LogP contribution in [0.5, 0.6) is 5.75 Å². The van der Waals surface area contributed by atoms with Gasteiger partial charge in [0.25, 0.3) is 0 Å². The van der Waals surface area contributed by atoms with Gasteiger partial charge in [0.15, 0.2) is 18.2 Å². The molecule has 5 nitrogen and oxygen atoms in total. The molecule has 0 unspecified atom stereocenters. The van der Waals surface area contributed by atoms with Crippen molar-refractivity contribution in [2.45, 2.75) is 38.5 Å². The Bertz CT molecular complexity index is 632. The number of carbonyl (C=O) groups is 1. The highest BCUT2D eigenvalue weighted by atomic mass is 19.4. The van der Waals surface area contributed by atoms with Crippen LogP contribution >= 0.6 is 0 Å². The predicted octanol–water partition coefficient (Wildman–Crippen LogP) is 3.14. The zero-order valence-electron chi connectivity index (χ0n) is 15.1. The van der Waals surface area contributed by atoms with Crippen LogP contribution in [0.2, 0.25) is 0 Å². The molecule has 1 aromatic rings. The molecule has 1 aromatic carbocycles. The summed E-state index contributed by atoms with van der Waals surface area (Å²) in [5.74, 6) is -2.07. The van der Waals surface area contributed by atoms with Crippen molar-refractivity contribution in [2.24, 2.45) is 0 Å². The number of aliphatic carboxylic acids is 1. The molecule has 0 aliphatic carbocycles. The predicted molar refractivity (Wildman–Crippen MR) is 91.1 cm³/mol. The fourth-order valence-corrected chi connectivity index (χ4v) is 3.29. The number of alkyl halides is 3. The van der Waals surface area contributed by atoms with E-state index in [0.29, 0.717) is 18.7 Å². The lowest BCUT2D eigenvalue weighted by Gasteiger charge is -2.37. The molecule has 0 atom stereocenters. The first kappa shape index (κ1) is 21.4. The first-order valence-electron chi connectivity index (χ1n) is 8.84. The molecule has 1 aliphatic heterocycles. The highest BCUT2D eigenvalue weighted by Crippen LogP contribution is 2.24. The molecule has 0 bridgehead atoms. The maximum Gasteiger partial charge on any atom is 0.422 e. The molecule has 0 amide bonds. The quantitative estimate of drug-likeness (QED) is 0.689. The summed E-state index contributed by atoms with van der Waals surface area (Å²) in [4.78, 5) is 15.0. The number of benzene rings is 1. The molecule has 1 saturated heterocycles. The summed E-state index contributed by atoms with van der Waals surface area (Å²) in [5.41, 5.74) is 0.656. The van der Waals surface area contributed by atoms with E-state index in [1.807, 2.05) is 11.8 Å². The fraction of sp³-hybridized carbons (Fsp3) is 0.611. The Morgan fingerprint density at radius 1 is 1.33 bits per heavy atom. The van der Waals surface area contributed by atoms with Crippen molar-refractivity contribution in [3.05, 3.63) is 29.6 Å². The lowest BCUT2D eigenvalue weighted by atomic mass is 10.0. The number of halogens is 4. The van der Waals surface area contributed by atoms with Gasteiger partial charge in [0.05, 0.1) is 6.54 Å². The standard InChI is InChI=1S/C18H24F4N2O3/c1-2-24(11-17(25)26)14-5-7-23(8-6-14)10-13-3-4-16(15(19)9-13)27-12-18(20,21)22/h3-4,9,14H,2,5-8,10-12H2,1H3,(H,25,26). The third-order valence-corrected chi connectivity index (χ3v) is 4.61. The first-order chi connectivity index (χ1) is 12.7. The normalized spacial score (nSPS) is 16.7. The third-order valence-electron chi connectivity index (χ3n) is 4.61. The zero-order chi connectivity index (χ0) is 20.0. The number of hydrogen-bond acceptors (Lipinski definition) is 4. The number of hydrogen-bond donors (Lipinski definition) is 1. The molecule has 0 aromatic heterocycles. The van der Waals surface area contributed by atoms with Crippen LogP contribution in [0, 0.1) is 5.82 Å². The van der Waals surface area contributed by atoms with E-state index in [2.05, 4.69) is 9.64 Å². The van der Waals surface area contributed by atoms with E-state index in [0.717, 1.165) is 25.9 Å². The Morgan fingerprint density at radius 3 is 2.52 bits per heavy atom. The van der Waals surface area contributed by atoms with Crippen LogP contribution in [0.4, 0.5) is 17.6 Å². The van der Waals surface area contributed by atoms with Crippen LogP contribution in [0.1, 0.15) is 25.3 Å². The average molecular weight is 392 g/mol. The van der Waals surface area contributed by atoms with Crippen LogP contribution in [0.3, 0.4) is 0 Å². The number of likely N-dealkylation sites (tertiary alicyclic amines) is 1. The molecule has 1 heterocycles. The molecule has 9 heteroatoms. The summed E-state index contributed by atoms with van der Waals surface area (Å²) in [6.45, 7) is 3.06. The van der Waals surface area contributed by atoms with Gasteiger partial charge < -0.3 is 9.84 Å². The molecule has 152 valence electrons. The second-order valence-electron chi connectivity index (χ2n) is 6.63. The van der Waals surface area contributed by atoms with Gasteiger partial charge in [-0.05, 0) is 50.2 Å². The number of nitrogens with zero attached hydrogens (tertiary/aromatic N) is 2. The van der Waals surface area contributed by atoms with E-state index < -0.39 is 30.3 Å². The van der Waals surface area contributed by atoms with Crippen LogP contribution in [-0.4, -0.2) is 65.9 Å². The van der Waals surface area contributed by atoms with E-state index in [1.165, 1.54) is 12.1 Å². The van der Waals surface area contributed by atoms with Crippen LogP contribution in [0.15, 0.2) is 18.2 Å². The summed E-state index contributed by atoms with van der Waals surface area (Å²) in [6, 6.07) is 4.18. The van der Waals surface area contributed by atoms with Gasteiger partial charge in [0.1, 0.15) is 0 Å². The van der Waals surface area contributed by atoms with Gasteiger partial charge in [-0.15, -0.1) is 0 Å². The number of carboxylic acid groups (broad SMARTS) is 1. The minimum absolute atomic E-state index is 0.0196. The van der Waals surface area contributed by atoms with E-state index in [9.17, 15) is 22.4 Å². The number of ether oxygens (including phenoxy) is 1. The van der Waals surface area contributed by atoms with Crippen molar-refractivity contribution >= 4 is 5.97 Å². The molecule has 0 radical (unpaired) electrons. The Hall–Kier alpha value is -1.87. The van der Waals surface area contributed by atoms with Crippen molar-refractivity contribution in [2.75, 3.05) is 32.8 Å². The summed E-state index contributed by atoms with van der Waals surface area (Å²) >= 11 is 0. The van der Waals surface area contributed by atoms with Gasteiger partial charge in [-0.1, -0.05) is 13.0 Å². The lowest BCUT2D eigenvalue weighted by molar-refractivity contribution is -0.153. The van der Waals surface area contributed by atoms with Crippen molar-refractivity contribution < 1.29 is 32.2 Å². The van der Waals surface area contributed by atoms with E-state index >= 15 is 0 Å². The smallest absolute Gasteiger partial charge is 0.422 e. The molecule has 1 aliphatic rings. The molecule has 1 N–H and O–H groups in total. The van der Waals surface area contributed by atoms with Crippen molar-refractivity contribution in [3.63, 3.8) is 0 Å². The number of rotatable bonds is 8. The molecular formula is C18H24F4N2O3. The van der Waals surface area contributed by atoms with Crippen molar-refractivity contribution in [3.8, 4) is 5.75 Å². The Labute approximate surface area is 155 Å². The Balaban J connectivity index is 1.86. The monoisotopic (exact) mass is 392 g/mol. The maximum atomic E-state index is 13.9. The van der Waals surface area contributed by atoms with E-state index in [4.69, 9.17) is 5.11 Å². The number of piperidine rings is 1. The highest BCUT2D eigenvalue weighted by Gasteiger charge is 2.29. The molecule has 27 heavy (non-hydrogen) atoms. The summed E-state index contributed by atoms with van der Waals surface area (Å²) in [5, 5.41) is 8.96. The van der Waals surface area contributed by atoms with Crippen molar-refractivity contribution in [1.82, 2.24) is 9.80 Å². The fourth-order valence-electron chi connectivity index (χ4n) is 3.29. The van der Waals surface area contributed by atoms with E-state index in [-0.39, 0.29) is 12.6 Å². The van der Waals surface area contributed by atoms with Crippen molar-refractivity contribution in [1.29, 1.82) is 0 Å². The summed E-state index contributed by atoms with van der Waals surface area (Å²) < 4.78 is 54.9. The van der Waals surface area contributed by atoms with Gasteiger partial charge in [0, 0.05) is 12.6 Å². The Kier molecular flexibility index (Phi) is 7.43. The van der Waals surface area contributed by atoms with Gasteiger partial charge >= 0.3 is 12.1 Å². The summed E-state index contributed by atoms with van der Waals surface area (Å²) in [7, 11) is 0. The van der Waals surface area contributed by atoms with E-state index in [1.54, 1.807) is 6.07 Å². The Morgan fingerprint density at radius 2 is 2.00 bits per heavy atom. The van der Waals surface area contributed by atoms with Gasteiger partial charge in [-0.2, -0.15) is 13.2 Å². The highest BCUT2D eigenvalue weighted by molar-refractivity contribution is 5.69. The number of likely N-dealkylation sites (N-methyl/N-ethyl adjacent to an activating group) is 1. The lowest BCUT2D eigenvalue weighted by Crippen LogP contribution is -2.46. The second-order valence-corrected chi connectivity index (χ2v) is 6.63. The molecule has 1 fully saturated rings. The van der Waals surface area contributed by atoms with Gasteiger partial charge in [0.2, 0.25) is 0 Å². The van der Waals surface area contributed by atoms with Gasteiger partial charge in [-0.3, -0.25) is 14.6 Å². The minimum Gasteiger partial charge on any atom is -0.481 e. The largest absolute Gasteiger partial charge is 0.481 e. The van der Waals surface area contributed by atoms with Crippen LogP contribution in [0.25, 0.3) is 0 Å². The van der Waals surface area contributed by atoms with Gasteiger partial charge in [-0.25, -0.2) is 4.39 Å². The third kappa shape index (κ3) is 6.99. The molecule has 2 rings (SSSR count). The van der Waals surface area contributed by atoms with Crippen LogP contribution in [-0.2, 0) is 11.3 Å². The topological polar surface area (TPSA) is 53.0 Å². The SMILES string of the molecule is CCN(CC(=O)O)C1CCN(Cc2ccc(OCC(F)(F)F)c(F)c2)CC1. The molecule has 0 spiro atoms. The average Bonchev–Trinajstić information content (AvgIpc) is 2.59. The second kappa shape index (κ2) is 9.36. The zero-order valence-corrected chi connectivity index (χ0v) is 15.1. The molecule has 0 saturated carbocycles. The maximum absolute atomic E-state index is 13.9. The molecular weight excluding hydrogens is 368 g/mol. The van der Waals surface area contributed by atoms with Crippen LogP contribution < -0.4 is 4.74 Å². The first-order valence-corrected chi connectivity index (χ1v) is 8.84. The minimum atomic E-state index is -4.51.